The molecular weight excluding hydrogens is 258 g/mol. The van der Waals surface area contributed by atoms with Crippen molar-refractivity contribution in [1.29, 1.82) is 5.26 Å². The molecule has 0 radical (unpaired) electrons. The Balaban J connectivity index is 2.25. The predicted molar refractivity (Wildman–Crippen MR) is 84.6 cm³/mol. The summed E-state index contributed by atoms with van der Waals surface area (Å²) in [7, 11) is 0. The lowest BCUT2D eigenvalue weighted by Crippen LogP contribution is -2.18. The number of nitrogens with two attached hydrogens (primary N) is 1. The third kappa shape index (κ3) is 2.38. The Bertz CT molecular complexity index is 699. The second-order valence-electron chi connectivity index (χ2n) is 5.67. The lowest BCUT2D eigenvalue weighted by atomic mass is 9.80. The zero-order valence-corrected chi connectivity index (χ0v) is 12.3. The van der Waals surface area contributed by atoms with Gasteiger partial charge in [0, 0.05) is 11.3 Å². The zero-order chi connectivity index (χ0) is 14.8. The highest BCUT2D eigenvalue weighted by Gasteiger charge is 2.25. The highest BCUT2D eigenvalue weighted by atomic mass is 14.9. The summed E-state index contributed by atoms with van der Waals surface area (Å²) in [6.07, 6.45) is 4.29. The van der Waals surface area contributed by atoms with Gasteiger partial charge in [0.15, 0.2) is 0 Å². The molecule has 106 valence electrons. The van der Waals surface area contributed by atoms with E-state index in [0.29, 0.717) is 17.3 Å². The summed E-state index contributed by atoms with van der Waals surface area (Å²) in [4.78, 5) is 4.49. The fourth-order valence-electron chi connectivity index (χ4n) is 3.24. The van der Waals surface area contributed by atoms with Gasteiger partial charge in [-0.3, -0.25) is 0 Å². The Kier molecular flexibility index (Phi) is 3.62. The summed E-state index contributed by atoms with van der Waals surface area (Å²) < 4.78 is 0. The second kappa shape index (κ2) is 5.57. The molecule has 1 aromatic carbocycles. The number of fused-ring (bicyclic) bond motifs is 1. The quantitative estimate of drug-likeness (QED) is 0.910. The summed E-state index contributed by atoms with van der Waals surface area (Å²) in [6.45, 7) is 2.23. The highest BCUT2D eigenvalue weighted by molar-refractivity contribution is 5.79. The maximum atomic E-state index is 9.52. The van der Waals surface area contributed by atoms with Crippen molar-refractivity contribution in [3.63, 3.8) is 0 Å². The average Bonchev–Trinajstić information content (AvgIpc) is 2.54. The predicted octanol–water partition coefficient (Wildman–Crippen LogP) is 3.72. The van der Waals surface area contributed by atoms with E-state index >= 15 is 0 Å². The van der Waals surface area contributed by atoms with Gasteiger partial charge in [0.25, 0.3) is 0 Å². The number of rotatable bonds is 2. The number of nitriles is 1. The van der Waals surface area contributed by atoms with E-state index in [1.807, 2.05) is 30.3 Å². The highest BCUT2D eigenvalue weighted by Crippen LogP contribution is 2.37. The molecule has 21 heavy (non-hydrogen) atoms. The number of hydrogen-bond donors (Lipinski definition) is 1. The Morgan fingerprint density at radius 2 is 2.10 bits per heavy atom. The molecule has 3 heteroatoms. The minimum atomic E-state index is 0.366. The van der Waals surface area contributed by atoms with E-state index in [1.165, 1.54) is 12.0 Å². The fraction of sp³-hybridized carbons (Fsp3) is 0.333. The molecule has 0 bridgehead atoms. The summed E-state index contributed by atoms with van der Waals surface area (Å²) >= 11 is 0. The normalized spacial score (nSPS) is 17.0. The standard InChI is InChI=1S/C18H19N3/c1-2-12-8-9-16-14(10-12)17(13-6-4-3-5-7-13)15(11-19)18(20)21-16/h3-7,12H,2,8-10H2,1H3,(H2,20,21). The molecule has 1 aliphatic carbocycles. The molecule has 3 nitrogen and oxygen atoms in total. The first kappa shape index (κ1) is 13.6. The van der Waals surface area contributed by atoms with Gasteiger partial charge in [-0.2, -0.15) is 5.26 Å². The Hall–Kier alpha value is -2.34. The van der Waals surface area contributed by atoms with Gasteiger partial charge in [-0.25, -0.2) is 4.98 Å². The van der Waals surface area contributed by atoms with E-state index in [2.05, 4.69) is 18.0 Å². The minimum Gasteiger partial charge on any atom is -0.383 e. The first-order valence-electron chi connectivity index (χ1n) is 7.51. The van der Waals surface area contributed by atoms with Crippen LogP contribution in [-0.2, 0) is 12.8 Å². The van der Waals surface area contributed by atoms with Crippen molar-refractivity contribution in [1.82, 2.24) is 4.98 Å². The van der Waals surface area contributed by atoms with E-state index in [9.17, 15) is 5.26 Å². The number of nitrogen functional groups attached to an aromatic ring is 1. The van der Waals surface area contributed by atoms with Crippen molar-refractivity contribution in [2.45, 2.75) is 32.6 Å². The van der Waals surface area contributed by atoms with Crippen molar-refractivity contribution in [2.24, 2.45) is 5.92 Å². The second-order valence-corrected chi connectivity index (χ2v) is 5.67. The van der Waals surface area contributed by atoms with Crippen LogP contribution in [0.25, 0.3) is 11.1 Å². The topological polar surface area (TPSA) is 62.7 Å². The maximum Gasteiger partial charge on any atom is 0.142 e. The van der Waals surface area contributed by atoms with Crippen LogP contribution in [0.3, 0.4) is 0 Å². The smallest absolute Gasteiger partial charge is 0.142 e. The first-order chi connectivity index (χ1) is 10.2. The lowest BCUT2D eigenvalue weighted by Gasteiger charge is -2.26. The Morgan fingerprint density at radius 3 is 2.76 bits per heavy atom. The van der Waals surface area contributed by atoms with Gasteiger partial charge in [0.1, 0.15) is 17.5 Å². The van der Waals surface area contributed by atoms with Crippen LogP contribution < -0.4 is 5.73 Å². The molecule has 1 aliphatic rings. The molecule has 0 saturated heterocycles. The van der Waals surface area contributed by atoms with Crippen molar-refractivity contribution in [3.05, 3.63) is 47.2 Å². The molecule has 0 fully saturated rings. The third-order valence-corrected chi connectivity index (χ3v) is 4.45. The third-order valence-electron chi connectivity index (χ3n) is 4.45. The number of nitrogens with zero attached hydrogens (tertiary/aromatic N) is 2. The first-order valence-corrected chi connectivity index (χ1v) is 7.51. The number of anilines is 1. The molecular formula is C18H19N3. The molecule has 0 amide bonds. The van der Waals surface area contributed by atoms with Crippen LogP contribution in [0.15, 0.2) is 30.3 Å². The number of aryl methyl sites for hydroxylation is 1. The molecule has 1 unspecified atom stereocenters. The van der Waals surface area contributed by atoms with Gasteiger partial charge in [0.05, 0.1) is 0 Å². The van der Waals surface area contributed by atoms with Crippen LogP contribution in [0.2, 0.25) is 0 Å². The average molecular weight is 277 g/mol. The lowest BCUT2D eigenvalue weighted by molar-refractivity contribution is 0.441. The number of benzene rings is 1. The van der Waals surface area contributed by atoms with Gasteiger partial charge in [-0.1, -0.05) is 43.7 Å². The van der Waals surface area contributed by atoms with E-state index in [-0.39, 0.29) is 0 Å². The largest absolute Gasteiger partial charge is 0.383 e. The molecule has 1 aromatic heterocycles. The van der Waals surface area contributed by atoms with Gasteiger partial charge < -0.3 is 5.73 Å². The fourth-order valence-corrected chi connectivity index (χ4v) is 3.24. The molecule has 2 N–H and O–H groups in total. The van der Waals surface area contributed by atoms with E-state index in [1.54, 1.807) is 0 Å². The van der Waals surface area contributed by atoms with E-state index < -0.39 is 0 Å². The van der Waals surface area contributed by atoms with Crippen molar-refractivity contribution in [2.75, 3.05) is 5.73 Å². The molecule has 2 aromatic rings. The van der Waals surface area contributed by atoms with Crippen LogP contribution in [-0.4, -0.2) is 4.98 Å². The SMILES string of the molecule is CCC1CCc2nc(N)c(C#N)c(-c3ccccc3)c2C1. The van der Waals surface area contributed by atoms with Gasteiger partial charge in [-0.15, -0.1) is 0 Å². The molecule has 1 heterocycles. The summed E-state index contributed by atoms with van der Waals surface area (Å²) in [5.74, 6) is 1.04. The van der Waals surface area contributed by atoms with Crippen LogP contribution >= 0.6 is 0 Å². The van der Waals surface area contributed by atoms with Gasteiger partial charge in [0.2, 0.25) is 0 Å². The number of hydrogen-bond acceptors (Lipinski definition) is 3. The van der Waals surface area contributed by atoms with Gasteiger partial charge >= 0.3 is 0 Å². The van der Waals surface area contributed by atoms with Gasteiger partial charge in [-0.05, 0) is 36.3 Å². The molecule has 0 spiro atoms. The van der Waals surface area contributed by atoms with Crippen molar-refractivity contribution in [3.8, 4) is 17.2 Å². The summed E-state index contributed by atoms with van der Waals surface area (Å²) in [5.41, 5.74) is 10.9. The Labute approximate surface area is 125 Å². The monoisotopic (exact) mass is 277 g/mol. The number of pyridine rings is 1. The van der Waals surface area contributed by atoms with Crippen LogP contribution in [0.5, 0.6) is 0 Å². The molecule has 1 atom stereocenters. The van der Waals surface area contributed by atoms with E-state index in [4.69, 9.17) is 5.73 Å². The molecule has 0 saturated carbocycles. The minimum absolute atomic E-state index is 0.366. The van der Waals surface area contributed by atoms with Crippen LogP contribution in [0, 0.1) is 17.2 Å². The molecule has 3 rings (SSSR count). The Morgan fingerprint density at radius 1 is 1.33 bits per heavy atom. The van der Waals surface area contributed by atoms with Crippen LogP contribution in [0.1, 0.15) is 36.6 Å². The number of aromatic nitrogens is 1. The van der Waals surface area contributed by atoms with Crippen molar-refractivity contribution >= 4 is 5.82 Å². The molecule has 0 aliphatic heterocycles. The summed E-state index contributed by atoms with van der Waals surface area (Å²) in [6, 6.07) is 12.3. The van der Waals surface area contributed by atoms with E-state index in [0.717, 1.165) is 36.1 Å². The van der Waals surface area contributed by atoms with Crippen LogP contribution in [0.4, 0.5) is 5.82 Å². The zero-order valence-electron chi connectivity index (χ0n) is 12.3. The maximum absolute atomic E-state index is 9.52. The van der Waals surface area contributed by atoms with Crippen molar-refractivity contribution < 1.29 is 0 Å². The summed E-state index contributed by atoms with van der Waals surface area (Å²) in [5, 5.41) is 9.52.